The van der Waals surface area contributed by atoms with Gasteiger partial charge in [-0.2, -0.15) is 0 Å². The van der Waals surface area contributed by atoms with Gasteiger partial charge in [-0.05, 0) is 32.2 Å². The van der Waals surface area contributed by atoms with Crippen LogP contribution in [0.1, 0.15) is 52.4 Å². The lowest BCUT2D eigenvalue weighted by Crippen LogP contribution is -2.46. The zero-order valence-corrected chi connectivity index (χ0v) is 12.6. The number of amides is 1. The number of nitrogens with zero attached hydrogens (tertiary/aromatic N) is 2. The van der Waals surface area contributed by atoms with Crippen LogP contribution in [0.2, 0.25) is 0 Å². The van der Waals surface area contributed by atoms with Gasteiger partial charge in [0.2, 0.25) is 5.91 Å². The molecule has 1 aliphatic rings. The Kier molecular flexibility index (Phi) is 8.07. The van der Waals surface area contributed by atoms with Gasteiger partial charge in [0.15, 0.2) is 0 Å². The van der Waals surface area contributed by atoms with Crippen LogP contribution in [0.3, 0.4) is 0 Å². The van der Waals surface area contributed by atoms with Gasteiger partial charge in [0, 0.05) is 19.6 Å². The molecule has 0 radical (unpaired) electrons. The zero-order valence-electron chi connectivity index (χ0n) is 12.6. The molecule has 1 fully saturated rings. The summed E-state index contributed by atoms with van der Waals surface area (Å²) in [7, 11) is 0. The van der Waals surface area contributed by atoms with E-state index in [1.807, 2.05) is 4.90 Å². The SMILES string of the molecule is CCCCN(CCCC)C(=O)CN1CCCC(O)C1. The van der Waals surface area contributed by atoms with Crippen molar-refractivity contribution in [3.63, 3.8) is 0 Å². The summed E-state index contributed by atoms with van der Waals surface area (Å²) >= 11 is 0. The smallest absolute Gasteiger partial charge is 0.236 e. The van der Waals surface area contributed by atoms with E-state index in [2.05, 4.69) is 18.7 Å². The Hall–Kier alpha value is -0.610. The van der Waals surface area contributed by atoms with E-state index in [1.54, 1.807) is 0 Å². The van der Waals surface area contributed by atoms with E-state index < -0.39 is 0 Å². The first-order valence-corrected chi connectivity index (χ1v) is 7.85. The first-order valence-electron chi connectivity index (χ1n) is 7.85. The minimum absolute atomic E-state index is 0.232. The van der Waals surface area contributed by atoms with Crippen molar-refractivity contribution in [3.8, 4) is 0 Å². The Balaban J connectivity index is 2.40. The minimum Gasteiger partial charge on any atom is -0.392 e. The highest BCUT2D eigenvalue weighted by molar-refractivity contribution is 5.78. The number of aliphatic hydroxyl groups is 1. The van der Waals surface area contributed by atoms with Crippen molar-refractivity contribution >= 4 is 5.91 Å². The van der Waals surface area contributed by atoms with E-state index in [4.69, 9.17) is 0 Å². The van der Waals surface area contributed by atoms with Crippen LogP contribution in [0.25, 0.3) is 0 Å². The van der Waals surface area contributed by atoms with Crippen LogP contribution in [0.15, 0.2) is 0 Å². The number of carbonyl (C=O) groups is 1. The summed E-state index contributed by atoms with van der Waals surface area (Å²) in [6.45, 7) is 8.15. The number of likely N-dealkylation sites (tertiary alicyclic amines) is 1. The number of rotatable bonds is 8. The molecule has 1 unspecified atom stereocenters. The third-order valence-corrected chi connectivity index (χ3v) is 3.76. The topological polar surface area (TPSA) is 43.8 Å². The average molecular weight is 270 g/mol. The van der Waals surface area contributed by atoms with Crippen LogP contribution < -0.4 is 0 Å². The van der Waals surface area contributed by atoms with Crippen LogP contribution in [0.5, 0.6) is 0 Å². The predicted octanol–water partition coefficient (Wildman–Crippen LogP) is 1.87. The normalized spacial score (nSPS) is 20.5. The first-order chi connectivity index (χ1) is 9.17. The Bertz CT molecular complexity index is 251. The lowest BCUT2D eigenvalue weighted by Gasteiger charge is -2.31. The van der Waals surface area contributed by atoms with Crippen LogP contribution in [0.4, 0.5) is 0 Å². The van der Waals surface area contributed by atoms with Crippen molar-refractivity contribution < 1.29 is 9.90 Å². The molecule has 1 saturated heterocycles. The lowest BCUT2D eigenvalue weighted by atomic mass is 10.1. The van der Waals surface area contributed by atoms with E-state index in [-0.39, 0.29) is 12.0 Å². The number of hydrogen-bond acceptors (Lipinski definition) is 3. The quantitative estimate of drug-likeness (QED) is 0.732. The molecule has 0 aromatic heterocycles. The van der Waals surface area contributed by atoms with E-state index in [0.717, 1.165) is 58.2 Å². The molecule has 1 heterocycles. The molecular weight excluding hydrogens is 240 g/mol. The van der Waals surface area contributed by atoms with Crippen LogP contribution >= 0.6 is 0 Å². The van der Waals surface area contributed by atoms with Crippen molar-refractivity contribution in [2.75, 3.05) is 32.7 Å². The number of aliphatic hydroxyl groups excluding tert-OH is 1. The van der Waals surface area contributed by atoms with Gasteiger partial charge < -0.3 is 10.0 Å². The second-order valence-corrected chi connectivity index (χ2v) is 5.62. The molecule has 1 amide bonds. The van der Waals surface area contributed by atoms with Crippen LogP contribution in [0, 0.1) is 0 Å². The highest BCUT2D eigenvalue weighted by atomic mass is 16.3. The number of carbonyl (C=O) groups excluding carboxylic acids is 1. The van der Waals surface area contributed by atoms with Gasteiger partial charge in [0.1, 0.15) is 0 Å². The monoisotopic (exact) mass is 270 g/mol. The molecule has 4 nitrogen and oxygen atoms in total. The molecule has 0 bridgehead atoms. The van der Waals surface area contributed by atoms with Crippen molar-refractivity contribution in [2.45, 2.75) is 58.5 Å². The number of unbranched alkanes of at least 4 members (excludes halogenated alkanes) is 2. The summed E-state index contributed by atoms with van der Waals surface area (Å²) in [6, 6.07) is 0. The highest BCUT2D eigenvalue weighted by Crippen LogP contribution is 2.10. The lowest BCUT2D eigenvalue weighted by molar-refractivity contribution is -0.133. The fourth-order valence-electron chi connectivity index (χ4n) is 2.53. The van der Waals surface area contributed by atoms with Crippen LogP contribution in [-0.2, 0) is 4.79 Å². The largest absolute Gasteiger partial charge is 0.392 e. The van der Waals surface area contributed by atoms with Crippen molar-refractivity contribution in [1.82, 2.24) is 9.80 Å². The molecule has 0 aromatic carbocycles. The summed E-state index contributed by atoms with van der Waals surface area (Å²) in [5.74, 6) is 0.232. The van der Waals surface area contributed by atoms with Gasteiger partial charge in [-0.15, -0.1) is 0 Å². The number of piperidine rings is 1. The van der Waals surface area contributed by atoms with Gasteiger partial charge >= 0.3 is 0 Å². The molecule has 1 N–H and O–H groups in total. The summed E-state index contributed by atoms with van der Waals surface area (Å²) in [4.78, 5) is 16.4. The first kappa shape index (κ1) is 16.4. The summed E-state index contributed by atoms with van der Waals surface area (Å²) < 4.78 is 0. The van der Waals surface area contributed by atoms with Gasteiger partial charge in [-0.1, -0.05) is 26.7 Å². The average Bonchev–Trinajstić information content (AvgIpc) is 2.38. The Morgan fingerprint density at radius 3 is 2.42 bits per heavy atom. The molecule has 1 rings (SSSR count). The fourth-order valence-corrected chi connectivity index (χ4v) is 2.53. The minimum atomic E-state index is -0.249. The van der Waals surface area contributed by atoms with Crippen molar-refractivity contribution in [3.05, 3.63) is 0 Å². The molecule has 0 aromatic rings. The highest BCUT2D eigenvalue weighted by Gasteiger charge is 2.22. The van der Waals surface area contributed by atoms with E-state index in [9.17, 15) is 9.90 Å². The molecule has 0 aliphatic carbocycles. The maximum atomic E-state index is 12.3. The second-order valence-electron chi connectivity index (χ2n) is 5.62. The molecule has 19 heavy (non-hydrogen) atoms. The second kappa shape index (κ2) is 9.32. The Morgan fingerprint density at radius 1 is 1.26 bits per heavy atom. The number of β-amino-alcohol motifs (C(OH)–C–C–N with tert-alkyl or cyclic N) is 1. The Morgan fingerprint density at radius 2 is 1.89 bits per heavy atom. The van der Waals surface area contributed by atoms with Gasteiger partial charge in [-0.25, -0.2) is 0 Å². The van der Waals surface area contributed by atoms with Gasteiger partial charge in [0.25, 0.3) is 0 Å². The molecule has 0 spiro atoms. The molecule has 1 aliphatic heterocycles. The maximum absolute atomic E-state index is 12.3. The van der Waals surface area contributed by atoms with Crippen LogP contribution in [-0.4, -0.2) is 59.6 Å². The summed E-state index contributed by atoms with van der Waals surface area (Å²) in [5, 5.41) is 9.65. The maximum Gasteiger partial charge on any atom is 0.236 e. The van der Waals surface area contributed by atoms with E-state index >= 15 is 0 Å². The van der Waals surface area contributed by atoms with E-state index in [1.165, 1.54) is 0 Å². The summed E-state index contributed by atoms with van der Waals surface area (Å²) in [6.07, 6.45) is 6.03. The molecule has 0 saturated carbocycles. The van der Waals surface area contributed by atoms with Gasteiger partial charge in [-0.3, -0.25) is 9.69 Å². The van der Waals surface area contributed by atoms with Crippen molar-refractivity contribution in [2.24, 2.45) is 0 Å². The predicted molar refractivity (Wildman–Crippen MR) is 78.1 cm³/mol. The van der Waals surface area contributed by atoms with E-state index in [0.29, 0.717) is 13.1 Å². The van der Waals surface area contributed by atoms with Gasteiger partial charge in [0.05, 0.1) is 12.6 Å². The zero-order chi connectivity index (χ0) is 14.1. The third-order valence-electron chi connectivity index (χ3n) is 3.76. The Labute approximate surface area is 117 Å². The molecular formula is C15H30N2O2. The molecule has 112 valence electrons. The fraction of sp³-hybridized carbons (Fsp3) is 0.933. The number of hydrogen-bond donors (Lipinski definition) is 1. The van der Waals surface area contributed by atoms with Crippen molar-refractivity contribution in [1.29, 1.82) is 0 Å². The molecule has 1 atom stereocenters. The standard InChI is InChI=1S/C15H30N2O2/c1-3-5-10-17(11-6-4-2)15(19)13-16-9-7-8-14(18)12-16/h14,18H,3-13H2,1-2H3. The summed E-state index contributed by atoms with van der Waals surface area (Å²) in [5.41, 5.74) is 0. The third kappa shape index (κ3) is 6.39. The molecule has 4 heteroatoms.